The van der Waals surface area contributed by atoms with E-state index in [1.54, 1.807) is 0 Å². The summed E-state index contributed by atoms with van der Waals surface area (Å²) in [5.74, 6) is 0.843. The van der Waals surface area contributed by atoms with E-state index in [0.717, 1.165) is 23.3 Å². The van der Waals surface area contributed by atoms with Gasteiger partial charge in [-0.25, -0.2) is 0 Å². The molecule has 1 unspecified atom stereocenters. The number of aliphatic hydroxyl groups is 1. The Morgan fingerprint density at radius 3 is 2.52 bits per heavy atom. The van der Waals surface area contributed by atoms with E-state index in [-0.39, 0.29) is 0 Å². The minimum Gasteiger partial charge on any atom is -0.494 e. The normalized spacial score (nSPS) is 14.8. The fourth-order valence-electron chi connectivity index (χ4n) is 2.52. The number of hydrogen-bond acceptors (Lipinski definition) is 3. The van der Waals surface area contributed by atoms with Crippen molar-refractivity contribution in [1.29, 1.82) is 0 Å². The molecule has 21 heavy (non-hydrogen) atoms. The minimum atomic E-state index is -0.615. The van der Waals surface area contributed by atoms with Gasteiger partial charge < -0.3 is 14.6 Å². The molecule has 1 aliphatic heterocycles. The minimum absolute atomic E-state index is 0.615. The van der Waals surface area contributed by atoms with Crippen molar-refractivity contribution in [2.45, 2.75) is 32.7 Å². The van der Waals surface area contributed by atoms with Gasteiger partial charge >= 0.3 is 0 Å². The third kappa shape index (κ3) is 3.09. The molecule has 1 heterocycles. The highest BCUT2D eigenvalue weighted by Gasteiger charge is 2.16. The van der Waals surface area contributed by atoms with Gasteiger partial charge in [0.15, 0.2) is 0 Å². The summed E-state index contributed by atoms with van der Waals surface area (Å²) in [7, 11) is 0. The molecule has 1 N–H and O–H groups in total. The predicted molar refractivity (Wildman–Crippen MR) is 81.2 cm³/mol. The van der Waals surface area contributed by atoms with Crippen LogP contribution < -0.4 is 4.74 Å². The van der Waals surface area contributed by atoms with E-state index >= 15 is 0 Å². The zero-order valence-electron chi connectivity index (χ0n) is 12.2. The summed E-state index contributed by atoms with van der Waals surface area (Å²) in [6.45, 7) is 4.11. The van der Waals surface area contributed by atoms with Crippen LogP contribution in [-0.2, 0) is 18.0 Å². The first-order valence-corrected chi connectivity index (χ1v) is 7.38. The molecular weight excluding hydrogens is 264 g/mol. The summed E-state index contributed by atoms with van der Waals surface area (Å²) < 4.78 is 11.0. The molecule has 0 amide bonds. The number of rotatable bonds is 5. The highest BCUT2D eigenvalue weighted by Crippen LogP contribution is 2.28. The summed E-state index contributed by atoms with van der Waals surface area (Å²) in [5.41, 5.74) is 4.17. The highest BCUT2D eigenvalue weighted by molar-refractivity contribution is 5.39. The van der Waals surface area contributed by atoms with Crippen LogP contribution in [0.25, 0.3) is 0 Å². The van der Waals surface area contributed by atoms with Crippen molar-refractivity contribution in [3.8, 4) is 5.75 Å². The third-order valence-electron chi connectivity index (χ3n) is 3.73. The lowest BCUT2D eigenvalue weighted by Crippen LogP contribution is -2.01. The maximum Gasteiger partial charge on any atom is 0.119 e. The van der Waals surface area contributed by atoms with E-state index in [4.69, 9.17) is 9.47 Å². The topological polar surface area (TPSA) is 38.7 Å². The van der Waals surface area contributed by atoms with Gasteiger partial charge in [0.05, 0.1) is 19.8 Å². The first-order valence-electron chi connectivity index (χ1n) is 7.38. The number of benzene rings is 2. The Balaban J connectivity index is 1.76. The first kappa shape index (κ1) is 14.1. The Hall–Kier alpha value is -1.84. The zero-order chi connectivity index (χ0) is 14.7. The molecule has 0 aliphatic carbocycles. The maximum absolute atomic E-state index is 10.5. The highest BCUT2D eigenvalue weighted by atomic mass is 16.5. The lowest BCUT2D eigenvalue weighted by molar-refractivity contribution is 0.134. The van der Waals surface area contributed by atoms with Crippen LogP contribution in [-0.4, -0.2) is 11.7 Å². The Morgan fingerprint density at radius 2 is 1.76 bits per heavy atom. The SMILES string of the molecule is CCCOc1ccc(C(O)c2ccc3c(c2)COC3)cc1. The number of fused-ring (bicyclic) bond motifs is 1. The van der Waals surface area contributed by atoms with Gasteiger partial charge in [0, 0.05) is 0 Å². The molecule has 110 valence electrons. The van der Waals surface area contributed by atoms with E-state index in [2.05, 4.69) is 6.92 Å². The quantitative estimate of drug-likeness (QED) is 0.912. The molecule has 3 nitrogen and oxygen atoms in total. The molecule has 0 radical (unpaired) electrons. The average Bonchev–Trinajstić information content (AvgIpc) is 3.00. The second-order valence-corrected chi connectivity index (χ2v) is 5.34. The second-order valence-electron chi connectivity index (χ2n) is 5.34. The van der Waals surface area contributed by atoms with Crippen molar-refractivity contribution in [3.63, 3.8) is 0 Å². The van der Waals surface area contributed by atoms with E-state index < -0.39 is 6.10 Å². The molecule has 2 aromatic carbocycles. The number of hydrogen-bond donors (Lipinski definition) is 1. The molecule has 0 aromatic heterocycles. The van der Waals surface area contributed by atoms with Crippen LogP contribution in [0.15, 0.2) is 42.5 Å². The lowest BCUT2D eigenvalue weighted by atomic mass is 9.98. The van der Waals surface area contributed by atoms with Crippen LogP contribution in [0.1, 0.15) is 41.7 Å². The van der Waals surface area contributed by atoms with Crippen LogP contribution in [0.4, 0.5) is 0 Å². The zero-order valence-corrected chi connectivity index (χ0v) is 12.2. The lowest BCUT2D eigenvalue weighted by Gasteiger charge is -2.13. The molecule has 1 atom stereocenters. The molecule has 0 fully saturated rings. The van der Waals surface area contributed by atoms with Crippen LogP contribution in [0.3, 0.4) is 0 Å². The largest absolute Gasteiger partial charge is 0.494 e. The van der Waals surface area contributed by atoms with Gasteiger partial charge in [-0.05, 0) is 40.8 Å². The first-order chi connectivity index (χ1) is 10.3. The van der Waals surface area contributed by atoms with Crippen molar-refractivity contribution < 1.29 is 14.6 Å². The molecule has 1 aliphatic rings. The van der Waals surface area contributed by atoms with Gasteiger partial charge in [-0.3, -0.25) is 0 Å². The fourth-order valence-corrected chi connectivity index (χ4v) is 2.52. The molecule has 0 saturated heterocycles. The van der Waals surface area contributed by atoms with E-state index in [9.17, 15) is 5.11 Å². The van der Waals surface area contributed by atoms with Gasteiger partial charge in [0.1, 0.15) is 11.9 Å². The molecule has 0 bridgehead atoms. The molecule has 0 saturated carbocycles. The van der Waals surface area contributed by atoms with Crippen LogP contribution in [0.2, 0.25) is 0 Å². The average molecular weight is 284 g/mol. The van der Waals surface area contributed by atoms with Gasteiger partial charge in [0.25, 0.3) is 0 Å². The summed E-state index contributed by atoms with van der Waals surface area (Å²) in [6, 6.07) is 13.7. The van der Waals surface area contributed by atoms with E-state index in [0.29, 0.717) is 19.8 Å². The van der Waals surface area contributed by atoms with Crippen LogP contribution in [0, 0.1) is 0 Å². The van der Waals surface area contributed by atoms with Gasteiger partial charge in [-0.2, -0.15) is 0 Å². The Kier molecular flexibility index (Phi) is 4.23. The van der Waals surface area contributed by atoms with Crippen molar-refractivity contribution in [3.05, 3.63) is 64.7 Å². The molecular formula is C18H20O3. The maximum atomic E-state index is 10.5. The third-order valence-corrected chi connectivity index (χ3v) is 3.73. The number of ether oxygens (including phenoxy) is 2. The summed E-state index contributed by atoms with van der Waals surface area (Å²) in [4.78, 5) is 0. The predicted octanol–water partition coefficient (Wildman–Crippen LogP) is 3.59. The van der Waals surface area contributed by atoms with Gasteiger partial charge in [0.2, 0.25) is 0 Å². The molecule has 0 spiro atoms. The standard InChI is InChI=1S/C18H20O3/c1-2-9-21-17-7-5-13(6-8-17)18(19)14-3-4-15-11-20-12-16(15)10-14/h3-8,10,18-19H,2,9,11-12H2,1H3. The smallest absolute Gasteiger partial charge is 0.119 e. The second kappa shape index (κ2) is 6.29. The van der Waals surface area contributed by atoms with E-state index in [1.807, 2.05) is 42.5 Å². The Labute approximate surface area is 125 Å². The number of aliphatic hydroxyl groups excluding tert-OH is 1. The Bertz CT molecular complexity index is 604. The summed E-state index contributed by atoms with van der Waals surface area (Å²) >= 11 is 0. The van der Waals surface area contributed by atoms with Crippen molar-refractivity contribution in [2.24, 2.45) is 0 Å². The van der Waals surface area contributed by atoms with Crippen molar-refractivity contribution in [2.75, 3.05) is 6.61 Å². The van der Waals surface area contributed by atoms with Crippen molar-refractivity contribution in [1.82, 2.24) is 0 Å². The van der Waals surface area contributed by atoms with Crippen molar-refractivity contribution >= 4 is 0 Å². The van der Waals surface area contributed by atoms with Crippen LogP contribution in [0.5, 0.6) is 5.75 Å². The Morgan fingerprint density at radius 1 is 1.05 bits per heavy atom. The van der Waals surface area contributed by atoms with E-state index in [1.165, 1.54) is 11.1 Å². The summed E-state index contributed by atoms with van der Waals surface area (Å²) in [6.07, 6.45) is 0.373. The van der Waals surface area contributed by atoms with Gasteiger partial charge in [-0.15, -0.1) is 0 Å². The monoisotopic (exact) mass is 284 g/mol. The molecule has 2 aromatic rings. The summed E-state index contributed by atoms with van der Waals surface area (Å²) in [5, 5.41) is 10.5. The fraction of sp³-hybridized carbons (Fsp3) is 0.333. The molecule has 3 heteroatoms. The molecule has 3 rings (SSSR count). The van der Waals surface area contributed by atoms with Gasteiger partial charge in [-0.1, -0.05) is 37.3 Å². The van der Waals surface area contributed by atoms with Crippen LogP contribution >= 0.6 is 0 Å².